The third-order valence-corrected chi connectivity index (χ3v) is 3.79. The molecule has 0 unspecified atom stereocenters. The van der Waals surface area contributed by atoms with E-state index in [0.29, 0.717) is 36.2 Å². The Morgan fingerprint density at radius 1 is 1.07 bits per heavy atom. The molecule has 1 amide bonds. The second-order valence-electron chi connectivity index (χ2n) is 5.89. The fourth-order valence-corrected chi connectivity index (χ4v) is 2.41. The molecule has 0 aliphatic heterocycles. The smallest absolute Gasteiger partial charge is 0.258 e. The third-order valence-electron chi connectivity index (χ3n) is 3.79. The molecule has 2 heterocycles. The molecule has 0 saturated carbocycles. The van der Waals surface area contributed by atoms with E-state index in [4.69, 9.17) is 9.47 Å². The van der Waals surface area contributed by atoms with E-state index < -0.39 is 0 Å². The first-order chi connectivity index (χ1) is 13.7. The molecule has 0 aliphatic carbocycles. The van der Waals surface area contributed by atoms with E-state index in [1.165, 1.54) is 0 Å². The van der Waals surface area contributed by atoms with Crippen LogP contribution in [0.2, 0.25) is 0 Å². The van der Waals surface area contributed by atoms with Crippen molar-refractivity contribution >= 4 is 11.7 Å². The summed E-state index contributed by atoms with van der Waals surface area (Å²) in [6, 6.07) is 12.7. The molecule has 9 nitrogen and oxygen atoms in total. The minimum Gasteiger partial charge on any atom is -0.493 e. The van der Waals surface area contributed by atoms with Gasteiger partial charge in [-0.05, 0) is 37.3 Å². The quantitative estimate of drug-likeness (QED) is 0.542. The average molecular weight is 382 g/mol. The van der Waals surface area contributed by atoms with Crippen molar-refractivity contribution in [2.24, 2.45) is 0 Å². The summed E-state index contributed by atoms with van der Waals surface area (Å²) >= 11 is 0. The Labute approximate surface area is 162 Å². The van der Waals surface area contributed by atoms with E-state index >= 15 is 0 Å². The highest BCUT2D eigenvalue weighted by atomic mass is 16.5. The number of carbonyl (C=O) groups excluding carboxylic acids is 1. The lowest BCUT2D eigenvalue weighted by Gasteiger charge is -2.11. The van der Waals surface area contributed by atoms with Crippen molar-refractivity contribution < 1.29 is 14.3 Å². The number of rotatable bonds is 9. The fourth-order valence-electron chi connectivity index (χ4n) is 2.41. The van der Waals surface area contributed by atoms with Crippen molar-refractivity contribution in [2.75, 3.05) is 32.1 Å². The number of aromatic nitrogens is 4. The molecule has 146 valence electrons. The summed E-state index contributed by atoms with van der Waals surface area (Å²) < 4.78 is 12.3. The van der Waals surface area contributed by atoms with Crippen LogP contribution in [-0.2, 0) is 4.79 Å². The van der Waals surface area contributed by atoms with E-state index in [1.54, 1.807) is 23.9 Å². The van der Waals surface area contributed by atoms with Gasteiger partial charge in [0.2, 0.25) is 0 Å². The van der Waals surface area contributed by atoms with Crippen LogP contribution in [0.3, 0.4) is 0 Å². The monoisotopic (exact) mass is 382 g/mol. The molecular formula is C19H22N6O3. The van der Waals surface area contributed by atoms with Gasteiger partial charge >= 0.3 is 0 Å². The van der Waals surface area contributed by atoms with E-state index in [1.807, 2.05) is 43.5 Å². The maximum atomic E-state index is 11.9. The summed E-state index contributed by atoms with van der Waals surface area (Å²) in [7, 11) is 1.56. The zero-order valence-electron chi connectivity index (χ0n) is 15.8. The number of carbonyl (C=O) groups is 1. The van der Waals surface area contributed by atoms with Gasteiger partial charge in [-0.3, -0.25) is 4.79 Å². The second-order valence-corrected chi connectivity index (χ2v) is 5.89. The molecule has 0 saturated heterocycles. The predicted molar refractivity (Wildman–Crippen MR) is 104 cm³/mol. The Balaban J connectivity index is 1.37. The summed E-state index contributed by atoms with van der Waals surface area (Å²) in [6.07, 6.45) is 1.83. The minimum atomic E-state index is -0.219. The fraction of sp³-hybridized carbons (Fsp3) is 0.263. The van der Waals surface area contributed by atoms with Gasteiger partial charge in [0.1, 0.15) is 5.82 Å². The van der Waals surface area contributed by atoms with Crippen LogP contribution in [0, 0.1) is 6.92 Å². The molecule has 0 fully saturated rings. The van der Waals surface area contributed by atoms with Gasteiger partial charge in [-0.15, -0.1) is 10.2 Å². The van der Waals surface area contributed by atoms with Crippen LogP contribution in [0.15, 0.2) is 48.7 Å². The van der Waals surface area contributed by atoms with E-state index in [-0.39, 0.29) is 12.5 Å². The van der Waals surface area contributed by atoms with Crippen molar-refractivity contribution in [3.05, 3.63) is 54.4 Å². The summed E-state index contributed by atoms with van der Waals surface area (Å²) in [5.41, 5.74) is 0.912. The Morgan fingerprint density at radius 2 is 1.89 bits per heavy atom. The van der Waals surface area contributed by atoms with E-state index in [9.17, 15) is 4.79 Å². The van der Waals surface area contributed by atoms with Gasteiger partial charge in [0.05, 0.1) is 12.8 Å². The van der Waals surface area contributed by atoms with Gasteiger partial charge in [-0.1, -0.05) is 12.1 Å². The third kappa shape index (κ3) is 5.19. The Bertz CT molecular complexity index is 910. The number of para-hydroxylation sites is 2. The van der Waals surface area contributed by atoms with Crippen LogP contribution in [0.25, 0.3) is 5.82 Å². The number of nitrogens with one attached hydrogen (secondary N) is 2. The zero-order chi connectivity index (χ0) is 19.8. The van der Waals surface area contributed by atoms with Gasteiger partial charge in [-0.25, -0.2) is 4.68 Å². The zero-order valence-corrected chi connectivity index (χ0v) is 15.8. The molecule has 0 atom stereocenters. The van der Waals surface area contributed by atoms with Gasteiger partial charge in [0.25, 0.3) is 5.91 Å². The lowest BCUT2D eigenvalue weighted by atomic mass is 10.3. The molecule has 1 aromatic carbocycles. The summed E-state index contributed by atoms with van der Waals surface area (Å²) in [6.45, 7) is 2.76. The molecule has 28 heavy (non-hydrogen) atoms. The minimum absolute atomic E-state index is 0.0852. The van der Waals surface area contributed by atoms with Crippen LogP contribution in [0.5, 0.6) is 11.5 Å². The van der Waals surface area contributed by atoms with E-state index in [2.05, 4.69) is 25.9 Å². The van der Waals surface area contributed by atoms with Crippen molar-refractivity contribution in [3.8, 4) is 17.3 Å². The van der Waals surface area contributed by atoms with Crippen LogP contribution < -0.4 is 20.1 Å². The molecule has 3 rings (SSSR count). The molecule has 0 radical (unpaired) electrons. The van der Waals surface area contributed by atoms with Crippen molar-refractivity contribution in [2.45, 2.75) is 6.92 Å². The topological polar surface area (TPSA) is 103 Å². The largest absolute Gasteiger partial charge is 0.493 e. The van der Waals surface area contributed by atoms with Crippen LogP contribution in [0.1, 0.15) is 5.69 Å². The number of benzene rings is 1. The van der Waals surface area contributed by atoms with Gasteiger partial charge in [-0.2, -0.15) is 5.10 Å². The predicted octanol–water partition coefficient (Wildman–Crippen LogP) is 1.59. The molecule has 2 aromatic heterocycles. The summed E-state index contributed by atoms with van der Waals surface area (Å²) in [5, 5.41) is 18.4. The number of nitrogens with zero attached hydrogens (tertiary/aromatic N) is 4. The average Bonchev–Trinajstić information content (AvgIpc) is 3.16. The number of amides is 1. The number of anilines is 1. The first-order valence-corrected chi connectivity index (χ1v) is 8.78. The van der Waals surface area contributed by atoms with Crippen molar-refractivity contribution in [3.63, 3.8) is 0 Å². The lowest BCUT2D eigenvalue weighted by Crippen LogP contribution is -2.32. The van der Waals surface area contributed by atoms with Crippen LogP contribution in [-0.4, -0.2) is 52.7 Å². The second kappa shape index (κ2) is 9.36. The van der Waals surface area contributed by atoms with Crippen molar-refractivity contribution in [1.29, 1.82) is 0 Å². The maximum Gasteiger partial charge on any atom is 0.258 e. The molecular weight excluding hydrogens is 360 g/mol. The molecule has 0 bridgehead atoms. The summed E-state index contributed by atoms with van der Waals surface area (Å²) in [5.74, 6) is 2.15. The van der Waals surface area contributed by atoms with Gasteiger partial charge in [0, 0.05) is 19.3 Å². The molecule has 0 aliphatic rings. The highest BCUT2D eigenvalue weighted by Gasteiger charge is 2.06. The number of methoxy groups -OCH3 is 1. The molecule has 9 heteroatoms. The maximum absolute atomic E-state index is 11.9. The van der Waals surface area contributed by atoms with Crippen LogP contribution in [0.4, 0.5) is 5.82 Å². The van der Waals surface area contributed by atoms with Crippen molar-refractivity contribution in [1.82, 2.24) is 25.3 Å². The SMILES string of the molecule is COc1ccccc1OCC(=O)NCCNc1ccc(-n2ccc(C)n2)nn1. The first-order valence-electron chi connectivity index (χ1n) is 8.78. The first kappa shape index (κ1) is 19.2. The summed E-state index contributed by atoms with van der Waals surface area (Å²) in [4.78, 5) is 11.9. The number of aryl methyl sites for hydroxylation is 1. The lowest BCUT2D eigenvalue weighted by molar-refractivity contribution is -0.123. The Morgan fingerprint density at radius 3 is 2.57 bits per heavy atom. The molecule has 2 N–H and O–H groups in total. The molecule has 3 aromatic rings. The van der Waals surface area contributed by atoms with E-state index in [0.717, 1.165) is 5.69 Å². The van der Waals surface area contributed by atoms with Gasteiger partial charge in [0.15, 0.2) is 23.9 Å². The molecule has 0 spiro atoms. The number of hydrogen-bond acceptors (Lipinski definition) is 7. The van der Waals surface area contributed by atoms with Gasteiger partial charge < -0.3 is 20.1 Å². The highest BCUT2D eigenvalue weighted by molar-refractivity contribution is 5.77. The number of hydrogen-bond donors (Lipinski definition) is 2. The Hall–Kier alpha value is -3.62. The van der Waals surface area contributed by atoms with Crippen LogP contribution >= 0.6 is 0 Å². The standard InChI is InChI=1S/C19H22N6O3/c1-14-9-12-25(24-14)18-8-7-17(22-23-18)20-10-11-21-19(26)13-28-16-6-4-3-5-15(16)27-2/h3-9,12H,10-11,13H2,1-2H3,(H,20,22)(H,21,26). The number of ether oxygens (including phenoxy) is 2. The highest BCUT2D eigenvalue weighted by Crippen LogP contribution is 2.25. The normalized spacial score (nSPS) is 10.4. The Kier molecular flexibility index (Phi) is 6.40.